The van der Waals surface area contributed by atoms with Crippen LogP contribution in [0.15, 0.2) is 24.3 Å². The quantitative estimate of drug-likeness (QED) is 0.663. The maximum absolute atomic E-state index is 12.8. The molecule has 0 aliphatic rings. The van der Waals surface area contributed by atoms with E-state index in [0.29, 0.717) is 16.6 Å². The van der Waals surface area contributed by atoms with Gasteiger partial charge >= 0.3 is 0 Å². The van der Waals surface area contributed by atoms with Crippen LogP contribution in [0.1, 0.15) is 5.69 Å². The Bertz CT molecular complexity index is 485. The summed E-state index contributed by atoms with van der Waals surface area (Å²) >= 11 is 5.57. The standard InChI is InChI=1S/C10H6ClF2N/c11-5-7-2-1-6-3-8(12)9(13)4-10(6)14-7/h1-4H,5H2. The highest BCUT2D eigenvalue weighted by molar-refractivity contribution is 6.16. The second-order valence-electron chi connectivity index (χ2n) is 2.90. The van der Waals surface area contributed by atoms with Gasteiger partial charge in [-0.25, -0.2) is 8.78 Å². The molecule has 2 rings (SSSR count). The first-order chi connectivity index (χ1) is 6.70. The monoisotopic (exact) mass is 213 g/mol. The predicted octanol–water partition coefficient (Wildman–Crippen LogP) is 3.25. The van der Waals surface area contributed by atoms with Crippen molar-refractivity contribution in [2.45, 2.75) is 5.88 Å². The van der Waals surface area contributed by atoms with Gasteiger partial charge in [0.1, 0.15) is 0 Å². The molecule has 14 heavy (non-hydrogen) atoms. The summed E-state index contributed by atoms with van der Waals surface area (Å²) in [7, 11) is 0. The van der Waals surface area contributed by atoms with Gasteiger partial charge in [-0.3, -0.25) is 4.98 Å². The van der Waals surface area contributed by atoms with E-state index < -0.39 is 11.6 Å². The van der Waals surface area contributed by atoms with Crippen LogP contribution in [0.3, 0.4) is 0 Å². The number of halogens is 3. The maximum Gasteiger partial charge on any atom is 0.161 e. The number of fused-ring (bicyclic) bond motifs is 1. The first-order valence-electron chi connectivity index (χ1n) is 4.01. The molecule has 0 aliphatic carbocycles. The maximum atomic E-state index is 12.8. The Morgan fingerprint density at radius 2 is 1.86 bits per heavy atom. The number of nitrogens with zero attached hydrogens (tertiary/aromatic N) is 1. The number of aromatic nitrogens is 1. The average Bonchev–Trinajstić information content (AvgIpc) is 2.19. The number of hydrogen-bond acceptors (Lipinski definition) is 1. The van der Waals surface area contributed by atoms with Crippen LogP contribution in [0.2, 0.25) is 0 Å². The Kier molecular flexibility index (Phi) is 2.33. The number of rotatable bonds is 1. The normalized spacial score (nSPS) is 10.8. The van der Waals surface area contributed by atoms with Crippen LogP contribution in [-0.2, 0) is 5.88 Å². The van der Waals surface area contributed by atoms with Crippen molar-refractivity contribution in [3.63, 3.8) is 0 Å². The number of pyridine rings is 1. The highest BCUT2D eigenvalue weighted by atomic mass is 35.5. The molecule has 2 aromatic rings. The summed E-state index contributed by atoms with van der Waals surface area (Å²) in [5, 5.41) is 0.567. The summed E-state index contributed by atoms with van der Waals surface area (Å²) in [5.74, 6) is -1.50. The molecule has 0 amide bonds. The van der Waals surface area contributed by atoms with Crippen LogP contribution in [0.25, 0.3) is 10.9 Å². The fraction of sp³-hybridized carbons (Fsp3) is 0.100. The third kappa shape index (κ3) is 1.55. The van der Waals surface area contributed by atoms with E-state index in [9.17, 15) is 8.78 Å². The van der Waals surface area contributed by atoms with Gasteiger partial charge < -0.3 is 0 Å². The van der Waals surface area contributed by atoms with E-state index in [1.165, 1.54) is 0 Å². The molecule has 0 fully saturated rings. The predicted molar refractivity (Wildman–Crippen MR) is 51.2 cm³/mol. The Morgan fingerprint density at radius 1 is 1.14 bits per heavy atom. The van der Waals surface area contributed by atoms with E-state index in [-0.39, 0.29) is 5.88 Å². The van der Waals surface area contributed by atoms with Crippen LogP contribution in [0, 0.1) is 11.6 Å². The van der Waals surface area contributed by atoms with E-state index in [4.69, 9.17) is 11.6 Å². The summed E-state index contributed by atoms with van der Waals surface area (Å²) in [5.41, 5.74) is 1.06. The van der Waals surface area contributed by atoms with Crippen molar-refractivity contribution in [3.8, 4) is 0 Å². The Morgan fingerprint density at radius 3 is 2.57 bits per heavy atom. The molecule has 0 aliphatic heterocycles. The molecule has 72 valence electrons. The van der Waals surface area contributed by atoms with Crippen LogP contribution >= 0.6 is 11.6 Å². The lowest BCUT2D eigenvalue weighted by atomic mass is 10.2. The minimum atomic E-state index is -0.892. The molecule has 0 bridgehead atoms. The van der Waals surface area contributed by atoms with Crippen LogP contribution in [-0.4, -0.2) is 4.98 Å². The highest BCUT2D eigenvalue weighted by Crippen LogP contribution is 2.17. The van der Waals surface area contributed by atoms with Crippen molar-refractivity contribution in [1.29, 1.82) is 0 Å². The molecule has 0 unspecified atom stereocenters. The molecule has 0 saturated carbocycles. The largest absolute Gasteiger partial charge is 0.251 e. The molecule has 0 radical (unpaired) electrons. The second kappa shape index (κ2) is 3.50. The van der Waals surface area contributed by atoms with Gasteiger partial charge in [0, 0.05) is 11.5 Å². The lowest BCUT2D eigenvalue weighted by molar-refractivity contribution is 0.510. The Balaban J connectivity index is 2.70. The van der Waals surface area contributed by atoms with Crippen molar-refractivity contribution >= 4 is 22.5 Å². The first kappa shape index (κ1) is 9.34. The van der Waals surface area contributed by atoms with Crippen LogP contribution in [0.4, 0.5) is 8.78 Å². The van der Waals surface area contributed by atoms with Gasteiger partial charge in [0.25, 0.3) is 0 Å². The van der Waals surface area contributed by atoms with Gasteiger partial charge in [-0.2, -0.15) is 0 Å². The number of benzene rings is 1. The minimum Gasteiger partial charge on any atom is -0.251 e. The van der Waals surface area contributed by atoms with Gasteiger partial charge in [0.15, 0.2) is 11.6 Å². The van der Waals surface area contributed by atoms with Crippen molar-refractivity contribution in [2.75, 3.05) is 0 Å². The molecule has 1 heterocycles. The van der Waals surface area contributed by atoms with Crippen LogP contribution in [0.5, 0.6) is 0 Å². The van der Waals surface area contributed by atoms with E-state index in [1.807, 2.05) is 0 Å². The molecule has 1 aromatic carbocycles. The van der Waals surface area contributed by atoms with Crippen molar-refractivity contribution < 1.29 is 8.78 Å². The van der Waals surface area contributed by atoms with Gasteiger partial charge in [0.05, 0.1) is 17.1 Å². The van der Waals surface area contributed by atoms with Crippen molar-refractivity contribution in [2.24, 2.45) is 0 Å². The van der Waals surface area contributed by atoms with Gasteiger partial charge in [0.2, 0.25) is 0 Å². The summed E-state index contributed by atoms with van der Waals surface area (Å²) in [6, 6.07) is 5.55. The van der Waals surface area contributed by atoms with Gasteiger partial charge in [-0.05, 0) is 12.1 Å². The van der Waals surface area contributed by atoms with E-state index in [0.717, 1.165) is 12.1 Å². The lowest BCUT2D eigenvalue weighted by Gasteiger charge is -2.00. The topological polar surface area (TPSA) is 12.9 Å². The minimum absolute atomic E-state index is 0.259. The highest BCUT2D eigenvalue weighted by Gasteiger charge is 2.05. The number of alkyl halides is 1. The Hall–Kier alpha value is -1.22. The zero-order chi connectivity index (χ0) is 10.1. The van der Waals surface area contributed by atoms with Crippen molar-refractivity contribution in [3.05, 3.63) is 41.6 Å². The molecule has 4 heteroatoms. The van der Waals surface area contributed by atoms with Gasteiger partial charge in [-0.1, -0.05) is 6.07 Å². The molecule has 0 saturated heterocycles. The second-order valence-corrected chi connectivity index (χ2v) is 3.16. The lowest BCUT2D eigenvalue weighted by Crippen LogP contribution is -1.90. The molecular weight excluding hydrogens is 208 g/mol. The molecular formula is C10H6ClF2N. The number of hydrogen-bond donors (Lipinski definition) is 0. The SMILES string of the molecule is Fc1cc2ccc(CCl)nc2cc1F. The summed E-state index contributed by atoms with van der Waals surface area (Å²) < 4.78 is 25.6. The zero-order valence-corrected chi connectivity index (χ0v) is 7.85. The average molecular weight is 214 g/mol. The van der Waals surface area contributed by atoms with E-state index in [1.54, 1.807) is 12.1 Å². The fourth-order valence-electron chi connectivity index (χ4n) is 1.23. The Labute approximate surface area is 84.3 Å². The zero-order valence-electron chi connectivity index (χ0n) is 7.10. The molecule has 1 nitrogen and oxygen atoms in total. The third-order valence-corrected chi connectivity index (χ3v) is 2.20. The summed E-state index contributed by atoms with van der Waals surface area (Å²) in [4.78, 5) is 4.06. The molecule has 0 N–H and O–H groups in total. The van der Waals surface area contributed by atoms with Crippen LogP contribution < -0.4 is 0 Å². The smallest absolute Gasteiger partial charge is 0.161 e. The summed E-state index contributed by atoms with van der Waals surface area (Å²) in [6.45, 7) is 0. The van der Waals surface area contributed by atoms with E-state index in [2.05, 4.69) is 4.98 Å². The fourth-order valence-corrected chi connectivity index (χ4v) is 1.38. The first-order valence-corrected chi connectivity index (χ1v) is 4.55. The molecule has 1 aromatic heterocycles. The van der Waals surface area contributed by atoms with Crippen molar-refractivity contribution in [1.82, 2.24) is 4.98 Å². The third-order valence-electron chi connectivity index (χ3n) is 1.93. The molecule has 0 spiro atoms. The summed E-state index contributed by atoms with van der Waals surface area (Å²) in [6.07, 6.45) is 0. The van der Waals surface area contributed by atoms with E-state index >= 15 is 0 Å². The molecule has 0 atom stereocenters. The van der Waals surface area contributed by atoms with Gasteiger partial charge in [-0.15, -0.1) is 11.6 Å².